The summed E-state index contributed by atoms with van der Waals surface area (Å²) < 4.78 is 2.16. The number of hydrogen-bond acceptors (Lipinski definition) is 1. The Bertz CT molecular complexity index is 981. The van der Waals surface area contributed by atoms with Gasteiger partial charge in [0.1, 0.15) is 6.04 Å². The topological polar surface area (TPSA) is 37.3 Å². The molecule has 0 radical (unpaired) electrons. The molecule has 1 aliphatic heterocycles. The number of rotatable bonds is 2. The molecule has 1 aromatic heterocycles. The molecule has 0 aliphatic carbocycles. The van der Waals surface area contributed by atoms with Gasteiger partial charge in [-0.15, -0.1) is 0 Å². The minimum Gasteiger partial charge on any atom is -0.348 e. The summed E-state index contributed by atoms with van der Waals surface area (Å²) in [5.41, 5.74) is 3.81. The maximum absolute atomic E-state index is 13.1. The van der Waals surface area contributed by atoms with Crippen LogP contribution in [0.5, 0.6) is 0 Å². The van der Waals surface area contributed by atoms with Crippen molar-refractivity contribution in [1.29, 1.82) is 0 Å². The van der Waals surface area contributed by atoms with Crippen LogP contribution >= 0.6 is 23.2 Å². The number of aromatic nitrogens is 1. The van der Waals surface area contributed by atoms with Crippen molar-refractivity contribution in [2.75, 3.05) is 11.9 Å². The van der Waals surface area contributed by atoms with Gasteiger partial charge in [0.15, 0.2) is 0 Å². The Balaban J connectivity index is 1.70. The number of benzene rings is 2. The molecule has 138 valence electrons. The zero-order valence-electron chi connectivity index (χ0n) is 14.8. The predicted octanol–water partition coefficient (Wildman–Crippen LogP) is 5.74. The number of anilines is 1. The van der Waals surface area contributed by atoms with E-state index in [9.17, 15) is 4.79 Å². The molecule has 4 nitrogen and oxygen atoms in total. The zero-order valence-corrected chi connectivity index (χ0v) is 16.3. The molecule has 1 aliphatic rings. The maximum atomic E-state index is 13.1. The Morgan fingerprint density at radius 2 is 1.85 bits per heavy atom. The fraction of sp³-hybridized carbons (Fsp3) is 0.190. The molecule has 2 aromatic carbocycles. The Morgan fingerprint density at radius 3 is 2.59 bits per heavy atom. The summed E-state index contributed by atoms with van der Waals surface area (Å²) in [6.45, 7) is 3.34. The van der Waals surface area contributed by atoms with E-state index in [1.807, 2.05) is 60.5 Å². The average Bonchev–Trinajstić information content (AvgIpc) is 3.12. The molecule has 0 saturated carbocycles. The summed E-state index contributed by atoms with van der Waals surface area (Å²) in [6.07, 6.45) is 2.03. The fourth-order valence-corrected chi connectivity index (χ4v) is 4.00. The third-order valence-corrected chi connectivity index (χ3v) is 5.42. The van der Waals surface area contributed by atoms with E-state index in [0.29, 0.717) is 16.6 Å². The lowest BCUT2D eigenvalue weighted by Crippen LogP contribution is -2.44. The summed E-state index contributed by atoms with van der Waals surface area (Å²) in [4.78, 5) is 14.9. The summed E-state index contributed by atoms with van der Waals surface area (Å²) >= 11 is 12.6. The van der Waals surface area contributed by atoms with E-state index in [2.05, 4.69) is 9.88 Å². The van der Waals surface area contributed by atoms with Crippen LogP contribution in [0.2, 0.25) is 10.0 Å². The van der Waals surface area contributed by atoms with Gasteiger partial charge < -0.3 is 14.8 Å². The second-order valence-electron chi connectivity index (χ2n) is 6.68. The highest BCUT2D eigenvalue weighted by Crippen LogP contribution is 2.37. The number of carbonyl (C=O) groups excluding carboxylic acids is 1. The lowest BCUT2D eigenvalue weighted by atomic mass is 10.00. The van der Waals surface area contributed by atoms with E-state index in [-0.39, 0.29) is 12.1 Å². The van der Waals surface area contributed by atoms with E-state index in [1.54, 1.807) is 12.1 Å². The molecule has 0 saturated heterocycles. The number of aryl methyl sites for hydroxylation is 1. The van der Waals surface area contributed by atoms with Crippen molar-refractivity contribution in [3.05, 3.63) is 87.7 Å². The number of nitrogens with one attached hydrogen (secondary N) is 1. The molecule has 2 amide bonds. The summed E-state index contributed by atoms with van der Waals surface area (Å²) in [5.74, 6) is 0. The van der Waals surface area contributed by atoms with Crippen molar-refractivity contribution in [3.63, 3.8) is 0 Å². The van der Waals surface area contributed by atoms with Crippen LogP contribution in [0.25, 0.3) is 0 Å². The van der Waals surface area contributed by atoms with Crippen LogP contribution in [0, 0.1) is 6.92 Å². The van der Waals surface area contributed by atoms with E-state index in [1.165, 1.54) is 0 Å². The Morgan fingerprint density at radius 1 is 1.07 bits per heavy atom. The molecule has 1 N–H and O–H groups in total. The van der Waals surface area contributed by atoms with Gasteiger partial charge in [0, 0.05) is 40.7 Å². The Kier molecular flexibility index (Phi) is 4.85. The first-order chi connectivity index (χ1) is 13.0. The maximum Gasteiger partial charge on any atom is 0.322 e. The van der Waals surface area contributed by atoms with Crippen molar-refractivity contribution in [1.82, 2.24) is 9.47 Å². The SMILES string of the molecule is Cc1ccc(NC(=O)N2CCn3cccc3C2c2ccc(Cl)cc2Cl)cc1. The number of amides is 2. The van der Waals surface area contributed by atoms with Crippen LogP contribution in [-0.2, 0) is 6.54 Å². The fourth-order valence-electron chi connectivity index (χ4n) is 3.48. The second kappa shape index (κ2) is 7.29. The number of halogens is 2. The predicted molar refractivity (Wildman–Crippen MR) is 110 cm³/mol. The number of hydrogen-bond donors (Lipinski definition) is 1. The first-order valence-electron chi connectivity index (χ1n) is 8.77. The van der Waals surface area contributed by atoms with Gasteiger partial charge in [0.2, 0.25) is 0 Å². The molecular weight excluding hydrogens is 381 g/mol. The molecule has 1 unspecified atom stereocenters. The van der Waals surface area contributed by atoms with Crippen LogP contribution in [0.3, 0.4) is 0 Å². The number of fused-ring (bicyclic) bond motifs is 1. The van der Waals surface area contributed by atoms with E-state index >= 15 is 0 Å². The molecule has 27 heavy (non-hydrogen) atoms. The summed E-state index contributed by atoms with van der Waals surface area (Å²) in [7, 11) is 0. The zero-order chi connectivity index (χ0) is 19.0. The molecule has 2 heterocycles. The minimum atomic E-state index is -0.274. The molecule has 4 rings (SSSR count). The third-order valence-electron chi connectivity index (χ3n) is 4.86. The molecular formula is C21H19Cl2N3O. The first kappa shape index (κ1) is 18.0. The number of nitrogens with zero attached hydrogens (tertiary/aromatic N) is 2. The standard InChI is InChI=1S/C21H19Cl2N3O/c1-14-4-7-16(8-5-14)24-21(27)26-12-11-25-10-2-3-19(25)20(26)17-9-6-15(22)13-18(17)23/h2-10,13,20H,11-12H2,1H3,(H,24,27). The van der Waals surface area contributed by atoms with Gasteiger partial charge in [0.25, 0.3) is 0 Å². The highest BCUT2D eigenvalue weighted by molar-refractivity contribution is 6.35. The van der Waals surface area contributed by atoms with Crippen molar-refractivity contribution < 1.29 is 4.79 Å². The smallest absolute Gasteiger partial charge is 0.322 e. The van der Waals surface area contributed by atoms with Crippen molar-refractivity contribution in [3.8, 4) is 0 Å². The molecule has 0 bridgehead atoms. The highest BCUT2D eigenvalue weighted by Gasteiger charge is 2.33. The van der Waals surface area contributed by atoms with Gasteiger partial charge in [-0.1, -0.05) is 47.0 Å². The van der Waals surface area contributed by atoms with Gasteiger partial charge in [-0.25, -0.2) is 4.79 Å². The average molecular weight is 400 g/mol. The molecule has 0 spiro atoms. The van der Waals surface area contributed by atoms with Gasteiger partial charge in [-0.05, 0) is 48.9 Å². The van der Waals surface area contributed by atoms with E-state index in [4.69, 9.17) is 23.2 Å². The lowest BCUT2D eigenvalue weighted by Gasteiger charge is -2.37. The third kappa shape index (κ3) is 3.55. The van der Waals surface area contributed by atoms with Crippen LogP contribution in [0.1, 0.15) is 22.9 Å². The van der Waals surface area contributed by atoms with Crippen molar-refractivity contribution in [2.45, 2.75) is 19.5 Å². The summed E-state index contributed by atoms with van der Waals surface area (Å²) in [6, 6.07) is 16.8. The van der Waals surface area contributed by atoms with Crippen LogP contribution in [0.4, 0.5) is 10.5 Å². The Labute approximate surface area is 168 Å². The van der Waals surface area contributed by atoms with Crippen LogP contribution in [-0.4, -0.2) is 22.0 Å². The normalized spacial score (nSPS) is 16.1. The highest BCUT2D eigenvalue weighted by atomic mass is 35.5. The summed E-state index contributed by atoms with van der Waals surface area (Å²) in [5, 5.41) is 4.13. The minimum absolute atomic E-state index is 0.151. The van der Waals surface area contributed by atoms with Crippen molar-refractivity contribution >= 4 is 34.9 Å². The van der Waals surface area contributed by atoms with Gasteiger partial charge in [0.05, 0.1) is 0 Å². The quantitative estimate of drug-likeness (QED) is 0.585. The lowest BCUT2D eigenvalue weighted by molar-refractivity contribution is 0.182. The van der Waals surface area contributed by atoms with Crippen molar-refractivity contribution in [2.24, 2.45) is 0 Å². The van der Waals surface area contributed by atoms with E-state index in [0.717, 1.165) is 29.1 Å². The van der Waals surface area contributed by atoms with Gasteiger partial charge >= 0.3 is 6.03 Å². The molecule has 6 heteroatoms. The molecule has 1 atom stereocenters. The van der Waals surface area contributed by atoms with Gasteiger partial charge in [-0.3, -0.25) is 0 Å². The van der Waals surface area contributed by atoms with Gasteiger partial charge in [-0.2, -0.15) is 0 Å². The first-order valence-corrected chi connectivity index (χ1v) is 9.53. The molecule has 0 fully saturated rings. The van der Waals surface area contributed by atoms with Crippen LogP contribution in [0.15, 0.2) is 60.8 Å². The second-order valence-corrected chi connectivity index (χ2v) is 7.53. The van der Waals surface area contributed by atoms with Crippen LogP contribution < -0.4 is 5.32 Å². The van der Waals surface area contributed by atoms with E-state index < -0.39 is 0 Å². The number of carbonyl (C=O) groups is 1. The monoisotopic (exact) mass is 399 g/mol. The largest absolute Gasteiger partial charge is 0.348 e. The Hall–Kier alpha value is -2.43. The molecule has 3 aromatic rings. The number of urea groups is 1.